The van der Waals surface area contributed by atoms with Crippen molar-refractivity contribution in [3.8, 4) is 0 Å². The van der Waals surface area contributed by atoms with E-state index in [2.05, 4.69) is 24.4 Å². The molecule has 0 aliphatic rings. The molecule has 0 aromatic heterocycles. The van der Waals surface area contributed by atoms with Crippen molar-refractivity contribution >= 4 is 11.6 Å². The third kappa shape index (κ3) is 3.60. The second-order valence-electron chi connectivity index (χ2n) is 5.06. The van der Waals surface area contributed by atoms with Gasteiger partial charge in [-0.3, -0.25) is 4.79 Å². The van der Waals surface area contributed by atoms with Crippen LogP contribution < -0.4 is 10.2 Å². The van der Waals surface area contributed by atoms with E-state index in [0.717, 1.165) is 11.3 Å². The van der Waals surface area contributed by atoms with Crippen molar-refractivity contribution < 1.29 is 4.79 Å². The molecule has 3 nitrogen and oxygen atoms in total. The van der Waals surface area contributed by atoms with Crippen LogP contribution in [0, 0.1) is 13.8 Å². The lowest BCUT2D eigenvalue weighted by Crippen LogP contribution is -2.35. The van der Waals surface area contributed by atoms with Crippen molar-refractivity contribution in [1.29, 1.82) is 0 Å². The molecular weight excluding hydrogens is 248 g/mol. The largest absolute Gasteiger partial charge is 0.357 e. The van der Waals surface area contributed by atoms with E-state index in [-0.39, 0.29) is 5.91 Å². The molecule has 0 saturated heterocycles. The fourth-order valence-electron chi connectivity index (χ4n) is 1.89. The van der Waals surface area contributed by atoms with Crippen LogP contribution in [-0.2, 0) is 0 Å². The Balaban J connectivity index is 1.92. The molecule has 20 heavy (non-hydrogen) atoms. The summed E-state index contributed by atoms with van der Waals surface area (Å²) >= 11 is 0. The van der Waals surface area contributed by atoms with Crippen molar-refractivity contribution in [2.24, 2.45) is 0 Å². The molecule has 0 spiro atoms. The number of aryl methyl sites for hydroxylation is 2. The lowest BCUT2D eigenvalue weighted by atomic mass is 10.1. The molecule has 0 aliphatic heterocycles. The lowest BCUT2D eigenvalue weighted by Gasteiger charge is -2.20. The molecule has 104 valence electrons. The highest BCUT2D eigenvalue weighted by atomic mass is 16.1. The normalized spacial score (nSPS) is 10.2. The van der Waals surface area contributed by atoms with Crippen molar-refractivity contribution in [3.63, 3.8) is 0 Å². The smallest absolute Gasteiger partial charge is 0.252 e. The first-order chi connectivity index (χ1) is 9.56. The van der Waals surface area contributed by atoms with Crippen LogP contribution >= 0.6 is 0 Å². The summed E-state index contributed by atoms with van der Waals surface area (Å²) in [5.74, 6) is -0.0519. The van der Waals surface area contributed by atoms with E-state index in [1.165, 1.54) is 5.56 Å². The van der Waals surface area contributed by atoms with Gasteiger partial charge in [-0.05, 0) is 38.1 Å². The van der Waals surface area contributed by atoms with Crippen LogP contribution in [0.5, 0.6) is 0 Å². The van der Waals surface area contributed by atoms with Crippen LogP contribution in [-0.4, -0.2) is 19.6 Å². The molecule has 0 unspecified atom stereocenters. The molecule has 1 amide bonds. The number of rotatable bonds is 4. The third-order valence-corrected chi connectivity index (χ3v) is 3.27. The number of nitrogens with zero attached hydrogens (tertiary/aromatic N) is 1. The quantitative estimate of drug-likeness (QED) is 0.864. The van der Waals surface area contributed by atoms with Crippen LogP contribution in [0.15, 0.2) is 48.5 Å². The lowest BCUT2D eigenvalue weighted by molar-refractivity contribution is 0.0954. The summed E-state index contributed by atoms with van der Waals surface area (Å²) in [7, 11) is 1.96. The van der Waals surface area contributed by atoms with Gasteiger partial charge in [-0.25, -0.2) is 0 Å². The number of nitrogens with one attached hydrogen (secondary N) is 1. The zero-order chi connectivity index (χ0) is 14.5. The summed E-state index contributed by atoms with van der Waals surface area (Å²) in [6.07, 6.45) is 0. The number of carbonyl (C=O) groups is 1. The fourth-order valence-corrected chi connectivity index (χ4v) is 1.89. The molecule has 2 aromatic rings. The minimum Gasteiger partial charge on any atom is -0.357 e. The second-order valence-corrected chi connectivity index (χ2v) is 5.06. The average Bonchev–Trinajstić information content (AvgIpc) is 2.46. The highest BCUT2D eigenvalue weighted by Gasteiger charge is 2.06. The zero-order valence-electron chi connectivity index (χ0n) is 12.2. The first kappa shape index (κ1) is 14.1. The van der Waals surface area contributed by atoms with Gasteiger partial charge in [-0.2, -0.15) is 0 Å². The maximum absolute atomic E-state index is 12.0. The maximum atomic E-state index is 12.0. The number of hydrogen-bond acceptors (Lipinski definition) is 2. The van der Waals surface area contributed by atoms with Gasteiger partial charge in [0.1, 0.15) is 0 Å². The van der Waals surface area contributed by atoms with Gasteiger partial charge in [0.2, 0.25) is 0 Å². The highest BCUT2D eigenvalue weighted by molar-refractivity contribution is 5.94. The van der Waals surface area contributed by atoms with Gasteiger partial charge >= 0.3 is 0 Å². The number of amides is 1. The van der Waals surface area contributed by atoms with Crippen LogP contribution in [0.2, 0.25) is 0 Å². The Morgan fingerprint density at radius 2 is 1.45 bits per heavy atom. The van der Waals surface area contributed by atoms with Crippen molar-refractivity contribution in [2.45, 2.75) is 13.8 Å². The molecule has 0 radical (unpaired) electrons. The summed E-state index contributed by atoms with van der Waals surface area (Å²) < 4.78 is 0. The van der Waals surface area contributed by atoms with Gasteiger partial charge in [-0.15, -0.1) is 0 Å². The molecule has 3 heteroatoms. The Labute approximate surface area is 120 Å². The monoisotopic (exact) mass is 268 g/mol. The first-order valence-corrected chi connectivity index (χ1v) is 6.69. The molecule has 0 heterocycles. The molecule has 0 atom stereocenters. The van der Waals surface area contributed by atoms with E-state index < -0.39 is 0 Å². The summed E-state index contributed by atoms with van der Waals surface area (Å²) in [5, 5.41) is 2.92. The Morgan fingerprint density at radius 1 is 0.950 bits per heavy atom. The van der Waals surface area contributed by atoms with Gasteiger partial charge in [0.15, 0.2) is 0 Å². The Morgan fingerprint density at radius 3 is 2.00 bits per heavy atom. The molecule has 0 aliphatic carbocycles. The predicted octanol–water partition coefficient (Wildman–Crippen LogP) is 3.13. The van der Waals surface area contributed by atoms with Crippen molar-refractivity contribution in [2.75, 3.05) is 18.6 Å². The highest BCUT2D eigenvalue weighted by Crippen LogP contribution is 2.12. The van der Waals surface area contributed by atoms with E-state index in [1.807, 2.05) is 55.3 Å². The van der Waals surface area contributed by atoms with E-state index in [4.69, 9.17) is 0 Å². The number of carbonyl (C=O) groups excluding carboxylic acids is 1. The summed E-state index contributed by atoms with van der Waals surface area (Å²) in [5.41, 5.74) is 4.15. The summed E-state index contributed by atoms with van der Waals surface area (Å²) in [6.45, 7) is 4.55. The van der Waals surface area contributed by atoms with Crippen LogP contribution in [0.25, 0.3) is 0 Å². The van der Waals surface area contributed by atoms with Gasteiger partial charge in [0.05, 0.1) is 6.67 Å². The molecular formula is C17H20N2O. The SMILES string of the molecule is Cc1ccc(C(=O)NCN(C)c2ccc(C)cc2)cc1. The summed E-state index contributed by atoms with van der Waals surface area (Å²) in [4.78, 5) is 14.0. The van der Waals surface area contributed by atoms with Gasteiger partial charge in [-0.1, -0.05) is 35.4 Å². The topological polar surface area (TPSA) is 32.3 Å². The molecule has 1 N–H and O–H groups in total. The molecule has 0 bridgehead atoms. The predicted molar refractivity (Wildman–Crippen MR) is 83.1 cm³/mol. The average molecular weight is 268 g/mol. The number of hydrogen-bond donors (Lipinski definition) is 1. The van der Waals surface area contributed by atoms with Crippen molar-refractivity contribution in [1.82, 2.24) is 5.32 Å². The molecule has 2 rings (SSSR count). The van der Waals surface area contributed by atoms with Gasteiger partial charge in [0, 0.05) is 18.3 Å². The van der Waals surface area contributed by atoms with E-state index in [1.54, 1.807) is 0 Å². The Hall–Kier alpha value is -2.29. The van der Waals surface area contributed by atoms with Gasteiger partial charge in [0.25, 0.3) is 5.91 Å². The van der Waals surface area contributed by atoms with E-state index in [9.17, 15) is 4.79 Å². The minimum atomic E-state index is -0.0519. The maximum Gasteiger partial charge on any atom is 0.252 e. The third-order valence-electron chi connectivity index (χ3n) is 3.27. The zero-order valence-corrected chi connectivity index (χ0v) is 12.2. The molecule has 0 saturated carbocycles. The Bertz CT molecular complexity index is 573. The van der Waals surface area contributed by atoms with Crippen LogP contribution in [0.3, 0.4) is 0 Å². The molecule has 2 aromatic carbocycles. The molecule has 0 fully saturated rings. The summed E-state index contributed by atoms with van der Waals surface area (Å²) in [6, 6.07) is 15.8. The van der Waals surface area contributed by atoms with Crippen LogP contribution in [0.4, 0.5) is 5.69 Å². The van der Waals surface area contributed by atoms with Crippen LogP contribution in [0.1, 0.15) is 21.5 Å². The van der Waals surface area contributed by atoms with Gasteiger partial charge < -0.3 is 10.2 Å². The number of benzene rings is 2. The first-order valence-electron chi connectivity index (χ1n) is 6.69. The van der Waals surface area contributed by atoms with E-state index >= 15 is 0 Å². The minimum absolute atomic E-state index is 0.0519. The fraction of sp³-hybridized carbons (Fsp3) is 0.235. The standard InChI is InChI=1S/C17H20N2O/c1-13-4-8-15(9-5-13)17(20)18-12-19(3)16-10-6-14(2)7-11-16/h4-11H,12H2,1-3H3,(H,18,20). The van der Waals surface area contributed by atoms with E-state index in [0.29, 0.717) is 12.2 Å². The number of anilines is 1. The van der Waals surface area contributed by atoms with Crippen molar-refractivity contribution in [3.05, 3.63) is 65.2 Å². The Kier molecular flexibility index (Phi) is 4.41. The second kappa shape index (κ2) is 6.24.